The molecule has 6 rings (SSSR count). The van der Waals surface area contributed by atoms with Crippen LogP contribution in [0.5, 0.6) is 0 Å². The number of para-hydroxylation sites is 1. The molecule has 3 aromatic heterocycles. The van der Waals surface area contributed by atoms with Gasteiger partial charge in [-0.3, -0.25) is 4.98 Å². The molecule has 0 bridgehead atoms. The molecule has 2 aromatic carbocycles. The second kappa shape index (κ2) is 7.10. The maximum Gasteiger partial charge on any atom is 0.227 e. The quantitative estimate of drug-likeness (QED) is 0.323. The van der Waals surface area contributed by atoms with Gasteiger partial charge in [0, 0.05) is 34.3 Å². The van der Waals surface area contributed by atoms with Crippen molar-refractivity contribution in [1.29, 1.82) is 0 Å². The first-order valence-electron chi connectivity index (χ1n) is 10.7. The average Bonchev–Trinajstić information content (AvgIpc) is 3.47. The molecule has 0 N–H and O–H groups in total. The molecule has 3 heterocycles. The number of furan rings is 1. The minimum absolute atomic E-state index is 0.667. The van der Waals surface area contributed by atoms with Crippen LogP contribution in [0.3, 0.4) is 0 Å². The number of rotatable bonds is 3. The van der Waals surface area contributed by atoms with Gasteiger partial charge >= 0.3 is 0 Å². The minimum atomic E-state index is 0.667. The van der Waals surface area contributed by atoms with Crippen LogP contribution < -0.4 is 0 Å². The van der Waals surface area contributed by atoms with Gasteiger partial charge in [-0.1, -0.05) is 55.3 Å². The highest BCUT2D eigenvalue weighted by Crippen LogP contribution is 2.37. The summed E-state index contributed by atoms with van der Waals surface area (Å²) in [7, 11) is 0. The Balaban J connectivity index is 1.39. The molecule has 146 valence electrons. The van der Waals surface area contributed by atoms with E-state index in [1.165, 1.54) is 36.8 Å². The molecule has 1 fully saturated rings. The first-order valence-corrected chi connectivity index (χ1v) is 10.7. The number of nitrogens with zero attached hydrogens (tertiary/aromatic N) is 2. The van der Waals surface area contributed by atoms with Crippen LogP contribution in [0.25, 0.3) is 44.5 Å². The van der Waals surface area contributed by atoms with E-state index in [9.17, 15) is 0 Å². The van der Waals surface area contributed by atoms with Crippen molar-refractivity contribution < 1.29 is 4.42 Å². The molecule has 0 unspecified atom stereocenters. The second-order valence-corrected chi connectivity index (χ2v) is 8.18. The summed E-state index contributed by atoms with van der Waals surface area (Å²) in [6.45, 7) is 0. The van der Waals surface area contributed by atoms with Gasteiger partial charge in [-0.2, -0.15) is 0 Å². The Bertz CT molecular complexity index is 1340. The first-order chi connectivity index (χ1) is 14.9. The van der Waals surface area contributed by atoms with Crippen LogP contribution in [-0.4, -0.2) is 9.97 Å². The Hall–Kier alpha value is -3.46. The highest BCUT2D eigenvalue weighted by Gasteiger charge is 2.17. The Morgan fingerprint density at radius 2 is 1.63 bits per heavy atom. The predicted molar refractivity (Wildman–Crippen MR) is 121 cm³/mol. The molecule has 1 saturated carbocycles. The van der Waals surface area contributed by atoms with E-state index in [2.05, 4.69) is 59.6 Å². The molecular weight excluding hydrogens is 368 g/mol. The molecule has 0 amide bonds. The molecule has 1 aliphatic carbocycles. The summed E-state index contributed by atoms with van der Waals surface area (Å²) in [6.07, 6.45) is 9.08. The summed E-state index contributed by atoms with van der Waals surface area (Å²) in [5.41, 5.74) is 7.28. The van der Waals surface area contributed by atoms with Gasteiger partial charge in [-0.25, -0.2) is 4.98 Å². The topological polar surface area (TPSA) is 38.9 Å². The molecule has 0 spiro atoms. The number of pyridine rings is 2. The van der Waals surface area contributed by atoms with Gasteiger partial charge in [0.05, 0.1) is 5.69 Å². The van der Waals surface area contributed by atoms with E-state index in [-0.39, 0.29) is 0 Å². The van der Waals surface area contributed by atoms with Gasteiger partial charge < -0.3 is 4.42 Å². The van der Waals surface area contributed by atoms with Crippen LogP contribution in [0.1, 0.15) is 37.2 Å². The fourth-order valence-electron chi connectivity index (χ4n) is 4.79. The molecule has 1 aliphatic rings. The van der Waals surface area contributed by atoms with Gasteiger partial charge in [-0.15, -0.1) is 0 Å². The van der Waals surface area contributed by atoms with Crippen molar-refractivity contribution in [1.82, 2.24) is 9.97 Å². The third-order valence-electron chi connectivity index (χ3n) is 6.36. The van der Waals surface area contributed by atoms with Gasteiger partial charge in [0.15, 0.2) is 0 Å². The lowest BCUT2D eigenvalue weighted by Gasteiger charge is -2.11. The summed E-state index contributed by atoms with van der Waals surface area (Å²) in [5.74, 6) is 0.719. The zero-order chi connectivity index (χ0) is 19.9. The molecule has 3 heteroatoms. The van der Waals surface area contributed by atoms with E-state index >= 15 is 0 Å². The standard InChI is InChI=1S/C27H22N2O/c1-2-7-18(6-1)19-8-3-9-20(16-19)21-13-14-25(29-17-21)24-11-4-10-22-23-12-5-15-28-27(23)30-26(22)24/h3-5,8-18H,1-2,6-7H2. The Labute approximate surface area is 175 Å². The van der Waals surface area contributed by atoms with Gasteiger partial charge in [0.2, 0.25) is 5.71 Å². The van der Waals surface area contributed by atoms with Crippen molar-refractivity contribution >= 4 is 22.1 Å². The number of fused-ring (bicyclic) bond motifs is 3. The van der Waals surface area contributed by atoms with Crippen LogP contribution in [-0.2, 0) is 0 Å². The summed E-state index contributed by atoms with van der Waals surface area (Å²) >= 11 is 0. The normalized spacial score (nSPS) is 14.7. The fourth-order valence-corrected chi connectivity index (χ4v) is 4.79. The van der Waals surface area contributed by atoms with Crippen molar-refractivity contribution in [3.63, 3.8) is 0 Å². The maximum atomic E-state index is 6.07. The lowest BCUT2D eigenvalue weighted by atomic mass is 9.94. The molecule has 30 heavy (non-hydrogen) atoms. The summed E-state index contributed by atoms with van der Waals surface area (Å²) in [6, 6.07) is 23.4. The van der Waals surface area contributed by atoms with Crippen LogP contribution >= 0.6 is 0 Å². The Morgan fingerprint density at radius 1 is 0.767 bits per heavy atom. The van der Waals surface area contributed by atoms with Gasteiger partial charge in [-0.05, 0) is 54.2 Å². The molecule has 0 radical (unpaired) electrons. The van der Waals surface area contributed by atoms with Gasteiger partial charge in [0.1, 0.15) is 5.58 Å². The lowest BCUT2D eigenvalue weighted by Crippen LogP contribution is -1.92. The van der Waals surface area contributed by atoms with Crippen LogP contribution in [0.2, 0.25) is 0 Å². The SMILES string of the molecule is c1cc(-c2ccc(-c3cccc4c3oc3ncccc34)nc2)cc(C2CCCC2)c1. The highest BCUT2D eigenvalue weighted by atomic mass is 16.3. The van der Waals surface area contributed by atoms with E-state index in [0.717, 1.165) is 39.1 Å². The Morgan fingerprint density at radius 3 is 2.50 bits per heavy atom. The number of aromatic nitrogens is 2. The summed E-state index contributed by atoms with van der Waals surface area (Å²) in [4.78, 5) is 9.15. The Kier molecular flexibility index (Phi) is 4.12. The van der Waals surface area contributed by atoms with Crippen LogP contribution in [0.15, 0.2) is 83.5 Å². The maximum absolute atomic E-state index is 6.07. The average molecular weight is 390 g/mol. The number of benzene rings is 2. The van der Waals surface area contributed by atoms with E-state index < -0.39 is 0 Å². The monoisotopic (exact) mass is 390 g/mol. The zero-order valence-corrected chi connectivity index (χ0v) is 16.7. The summed E-state index contributed by atoms with van der Waals surface area (Å²) < 4.78 is 6.07. The molecular formula is C27H22N2O. The third kappa shape index (κ3) is 2.89. The van der Waals surface area contributed by atoms with Gasteiger partial charge in [0.25, 0.3) is 0 Å². The predicted octanol–water partition coefficient (Wildman–Crippen LogP) is 7.37. The van der Waals surface area contributed by atoms with E-state index in [0.29, 0.717) is 5.71 Å². The summed E-state index contributed by atoms with van der Waals surface area (Å²) in [5, 5.41) is 2.11. The van der Waals surface area contributed by atoms with Crippen molar-refractivity contribution in [2.24, 2.45) is 0 Å². The zero-order valence-electron chi connectivity index (χ0n) is 16.7. The van der Waals surface area contributed by atoms with E-state index in [1.807, 2.05) is 18.3 Å². The van der Waals surface area contributed by atoms with E-state index in [1.54, 1.807) is 6.20 Å². The lowest BCUT2D eigenvalue weighted by molar-refractivity contribution is 0.655. The highest BCUT2D eigenvalue weighted by molar-refractivity contribution is 6.08. The smallest absolute Gasteiger partial charge is 0.227 e. The molecule has 0 saturated heterocycles. The third-order valence-corrected chi connectivity index (χ3v) is 6.36. The number of hydrogen-bond donors (Lipinski definition) is 0. The molecule has 3 nitrogen and oxygen atoms in total. The molecule has 5 aromatic rings. The van der Waals surface area contributed by atoms with Crippen molar-refractivity contribution in [2.45, 2.75) is 31.6 Å². The number of hydrogen-bond acceptors (Lipinski definition) is 3. The van der Waals surface area contributed by atoms with Crippen molar-refractivity contribution in [2.75, 3.05) is 0 Å². The first kappa shape index (κ1) is 17.4. The minimum Gasteiger partial charge on any atom is -0.437 e. The molecule has 0 aliphatic heterocycles. The van der Waals surface area contributed by atoms with Crippen molar-refractivity contribution in [3.05, 3.63) is 84.7 Å². The van der Waals surface area contributed by atoms with Crippen molar-refractivity contribution in [3.8, 4) is 22.4 Å². The van der Waals surface area contributed by atoms with E-state index in [4.69, 9.17) is 9.40 Å². The largest absolute Gasteiger partial charge is 0.437 e. The molecule has 0 atom stereocenters. The van der Waals surface area contributed by atoms with Crippen LogP contribution in [0, 0.1) is 0 Å². The second-order valence-electron chi connectivity index (χ2n) is 8.18. The van der Waals surface area contributed by atoms with Crippen LogP contribution in [0.4, 0.5) is 0 Å². The fraction of sp³-hybridized carbons (Fsp3) is 0.185.